The van der Waals surface area contributed by atoms with Gasteiger partial charge in [0.25, 0.3) is 0 Å². The van der Waals surface area contributed by atoms with Gasteiger partial charge in [-0.1, -0.05) is 30.3 Å². The fourth-order valence-corrected chi connectivity index (χ4v) is 2.98. The molecule has 0 amide bonds. The lowest BCUT2D eigenvalue weighted by atomic mass is 10.0. The zero-order valence-corrected chi connectivity index (χ0v) is 11.1. The van der Waals surface area contributed by atoms with E-state index in [1.165, 1.54) is 0 Å². The molecule has 0 radical (unpaired) electrons. The predicted molar refractivity (Wildman–Crippen MR) is 71.7 cm³/mol. The summed E-state index contributed by atoms with van der Waals surface area (Å²) in [4.78, 5) is 2.24. The molecule has 2 heterocycles. The van der Waals surface area contributed by atoms with Crippen LogP contribution in [0.5, 0.6) is 0 Å². The Morgan fingerprint density at radius 1 is 1.21 bits per heavy atom. The van der Waals surface area contributed by atoms with E-state index in [-0.39, 0.29) is 0 Å². The van der Waals surface area contributed by atoms with Gasteiger partial charge in [0.05, 0.1) is 25.9 Å². The number of rotatable bonds is 3. The van der Waals surface area contributed by atoms with Crippen molar-refractivity contribution in [2.24, 2.45) is 0 Å². The molecule has 2 fully saturated rings. The molecule has 1 N–H and O–H groups in total. The number of β-amino-alcohol motifs (C(OH)–C–C–N with tert-alkyl or cyclic N) is 1. The second-order valence-electron chi connectivity index (χ2n) is 5.37. The van der Waals surface area contributed by atoms with Crippen LogP contribution in [-0.2, 0) is 9.47 Å². The van der Waals surface area contributed by atoms with Crippen LogP contribution in [0.25, 0.3) is 0 Å². The van der Waals surface area contributed by atoms with Crippen LogP contribution in [0.2, 0.25) is 0 Å². The first-order valence-corrected chi connectivity index (χ1v) is 7.01. The van der Waals surface area contributed by atoms with Gasteiger partial charge >= 0.3 is 0 Å². The third-order valence-electron chi connectivity index (χ3n) is 3.93. The molecule has 4 nitrogen and oxygen atoms in total. The van der Waals surface area contributed by atoms with E-state index in [1.807, 2.05) is 30.3 Å². The molecule has 2 aliphatic heterocycles. The first-order valence-electron chi connectivity index (χ1n) is 7.01. The van der Waals surface area contributed by atoms with E-state index >= 15 is 0 Å². The molecule has 1 unspecified atom stereocenters. The summed E-state index contributed by atoms with van der Waals surface area (Å²) in [5, 5.41) is 10.3. The summed E-state index contributed by atoms with van der Waals surface area (Å²) in [6.07, 6.45) is 1.57. The van der Waals surface area contributed by atoms with Crippen molar-refractivity contribution in [3.05, 3.63) is 35.9 Å². The van der Waals surface area contributed by atoms with Crippen LogP contribution in [0.3, 0.4) is 0 Å². The molecule has 2 saturated heterocycles. The van der Waals surface area contributed by atoms with Crippen LogP contribution >= 0.6 is 0 Å². The predicted octanol–water partition coefficient (Wildman–Crippen LogP) is 1.56. The zero-order chi connectivity index (χ0) is 13.1. The summed E-state index contributed by atoms with van der Waals surface area (Å²) < 4.78 is 11.5. The van der Waals surface area contributed by atoms with Gasteiger partial charge in [-0.15, -0.1) is 0 Å². The van der Waals surface area contributed by atoms with Gasteiger partial charge in [-0.25, -0.2) is 0 Å². The molecule has 0 aliphatic carbocycles. The Hall–Kier alpha value is -0.940. The molecule has 0 saturated carbocycles. The van der Waals surface area contributed by atoms with Gasteiger partial charge in [-0.2, -0.15) is 0 Å². The third kappa shape index (κ3) is 2.98. The molecular formula is C15H21NO3. The normalized spacial score (nSPS) is 24.7. The highest BCUT2D eigenvalue weighted by molar-refractivity contribution is 5.17. The molecule has 4 heteroatoms. The highest BCUT2D eigenvalue weighted by Gasteiger charge is 2.40. The number of aliphatic hydroxyl groups is 1. The third-order valence-corrected chi connectivity index (χ3v) is 3.93. The fraction of sp³-hybridized carbons (Fsp3) is 0.600. The minimum Gasteiger partial charge on any atom is -0.387 e. The Morgan fingerprint density at radius 3 is 2.68 bits per heavy atom. The van der Waals surface area contributed by atoms with Crippen LogP contribution < -0.4 is 0 Å². The van der Waals surface area contributed by atoms with Crippen molar-refractivity contribution in [2.75, 3.05) is 32.8 Å². The topological polar surface area (TPSA) is 41.9 Å². The van der Waals surface area contributed by atoms with Crippen LogP contribution in [0.15, 0.2) is 30.3 Å². The minimum absolute atomic E-state index is 0.408. The first-order chi connectivity index (χ1) is 9.27. The molecule has 0 aromatic heterocycles. The Labute approximate surface area is 113 Å². The Kier molecular flexibility index (Phi) is 3.84. The number of hydrogen-bond acceptors (Lipinski definition) is 4. The summed E-state index contributed by atoms with van der Waals surface area (Å²) in [6.45, 7) is 3.78. The van der Waals surface area contributed by atoms with Crippen LogP contribution in [0, 0.1) is 0 Å². The average Bonchev–Trinajstić information content (AvgIpc) is 2.88. The van der Waals surface area contributed by atoms with E-state index < -0.39 is 11.9 Å². The summed E-state index contributed by atoms with van der Waals surface area (Å²) in [5.41, 5.74) is 0.968. The maximum absolute atomic E-state index is 10.3. The maximum Gasteiger partial charge on any atom is 0.181 e. The molecule has 1 aromatic carbocycles. The monoisotopic (exact) mass is 263 g/mol. The number of aliphatic hydroxyl groups excluding tert-OH is 1. The molecule has 1 spiro atoms. The van der Waals surface area contributed by atoms with Gasteiger partial charge in [-0.3, -0.25) is 4.90 Å². The highest BCUT2D eigenvalue weighted by atomic mass is 16.7. The maximum atomic E-state index is 10.3. The van der Waals surface area contributed by atoms with Crippen molar-refractivity contribution in [1.82, 2.24) is 4.90 Å². The Bertz CT molecular complexity index is 403. The minimum atomic E-state index is -0.447. The van der Waals surface area contributed by atoms with E-state index in [0.29, 0.717) is 19.8 Å². The van der Waals surface area contributed by atoms with Crippen LogP contribution in [0.4, 0.5) is 0 Å². The molecular weight excluding hydrogens is 242 g/mol. The van der Waals surface area contributed by atoms with Crippen molar-refractivity contribution >= 4 is 0 Å². The summed E-state index contributed by atoms with van der Waals surface area (Å²) >= 11 is 0. The van der Waals surface area contributed by atoms with E-state index in [0.717, 1.165) is 31.5 Å². The van der Waals surface area contributed by atoms with E-state index in [1.54, 1.807) is 0 Å². The molecule has 19 heavy (non-hydrogen) atoms. The molecule has 1 aromatic rings. The van der Waals surface area contributed by atoms with Crippen molar-refractivity contribution in [3.8, 4) is 0 Å². The van der Waals surface area contributed by atoms with E-state index in [9.17, 15) is 5.11 Å². The first kappa shape index (κ1) is 13.1. The Morgan fingerprint density at radius 2 is 1.95 bits per heavy atom. The molecule has 2 aliphatic rings. The second kappa shape index (κ2) is 5.59. The summed E-state index contributed by atoms with van der Waals surface area (Å²) in [5.74, 6) is -0.408. The van der Waals surface area contributed by atoms with Crippen LogP contribution in [0.1, 0.15) is 24.5 Å². The largest absolute Gasteiger partial charge is 0.387 e. The van der Waals surface area contributed by atoms with E-state index in [2.05, 4.69) is 4.90 Å². The number of hydrogen-bond donors (Lipinski definition) is 1. The van der Waals surface area contributed by atoms with Gasteiger partial charge < -0.3 is 14.6 Å². The SMILES string of the molecule is OC(CN1CCCC2(C1)OCCO2)c1ccccc1. The van der Waals surface area contributed by atoms with Gasteiger partial charge in [-0.05, 0) is 18.5 Å². The van der Waals surface area contributed by atoms with Crippen molar-refractivity contribution in [2.45, 2.75) is 24.7 Å². The molecule has 3 rings (SSSR count). The van der Waals surface area contributed by atoms with E-state index in [4.69, 9.17) is 9.47 Å². The second-order valence-corrected chi connectivity index (χ2v) is 5.37. The van der Waals surface area contributed by atoms with Crippen molar-refractivity contribution in [3.63, 3.8) is 0 Å². The number of ether oxygens (including phenoxy) is 2. The van der Waals surface area contributed by atoms with Gasteiger partial charge in [0.1, 0.15) is 0 Å². The Balaban J connectivity index is 1.60. The standard InChI is InChI=1S/C15H21NO3/c17-14(13-5-2-1-3-6-13)11-16-8-4-7-15(12-16)18-9-10-19-15/h1-3,5-6,14,17H,4,7-12H2. The molecule has 0 bridgehead atoms. The van der Waals surface area contributed by atoms with Crippen molar-refractivity contribution < 1.29 is 14.6 Å². The van der Waals surface area contributed by atoms with Crippen molar-refractivity contribution in [1.29, 1.82) is 0 Å². The number of nitrogens with zero attached hydrogens (tertiary/aromatic N) is 1. The van der Waals surface area contributed by atoms with Gasteiger partial charge in [0, 0.05) is 13.0 Å². The quantitative estimate of drug-likeness (QED) is 0.898. The number of piperidine rings is 1. The molecule has 1 atom stereocenters. The van der Waals surface area contributed by atoms with Gasteiger partial charge in [0.2, 0.25) is 0 Å². The van der Waals surface area contributed by atoms with Crippen LogP contribution in [-0.4, -0.2) is 48.6 Å². The molecule has 104 valence electrons. The smallest absolute Gasteiger partial charge is 0.181 e. The summed E-state index contributed by atoms with van der Waals surface area (Å²) in [6, 6.07) is 9.81. The number of benzene rings is 1. The zero-order valence-electron chi connectivity index (χ0n) is 11.1. The van der Waals surface area contributed by atoms with Gasteiger partial charge in [0.15, 0.2) is 5.79 Å². The highest BCUT2D eigenvalue weighted by Crippen LogP contribution is 2.30. The lowest BCUT2D eigenvalue weighted by molar-refractivity contribution is -0.191. The lowest BCUT2D eigenvalue weighted by Crippen LogP contribution is -2.49. The number of likely N-dealkylation sites (tertiary alicyclic amines) is 1. The lowest BCUT2D eigenvalue weighted by Gasteiger charge is -2.39. The fourth-order valence-electron chi connectivity index (χ4n) is 2.98. The average molecular weight is 263 g/mol. The summed E-state index contributed by atoms with van der Waals surface area (Å²) in [7, 11) is 0.